The molecule has 1 aromatic carbocycles. The molecular formula is C12H12O7. The molecule has 0 heterocycles. The first-order chi connectivity index (χ1) is 9.01. The summed E-state index contributed by atoms with van der Waals surface area (Å²) in [6, 6.07) is 2.69. The van der Waals surface area contributed by atoms with Crippen LogP contribution in [0.1, 0.15) is 16.8 Å². The van der Waals surface area contributed by atoms with E-state index >= 15 is 0 Å². The second-order valence-corrected chi connectivity index (χ2v) is 3.42. The molecule has 0 aliphatic carbocycles. The molecule has 0 aliphatic heterocycles. The molecule has 7 heteroatoms. The number of carboxylic acid groups (broad SMARTS) is 1. The number of esters is 1. The molecule has 0 unspecified atom stereocenters. The fourth-order valence-corrected chi connectivity index (χ4v) is 1.34. The van der Waals surface area contributed by atoms with Gasteiger partial charge in [-0.25, -0.2) is 0 Å². The Morgan fingerprint density at radius 1 is 1.21 bits per heavy atom. The van der Waals surface area contributed by atoms with Crippen LogP contribution in [0.2, 0.25) is 0 Å². The maximum Gasteiger partial charge on any atom is 0.322 e. The van der Waals surface area contributed by atoms with Crippen molar-refractivity contribution in [1.29, 1.82) is 0 Å². The number of aldehydes is 1. The van der Waals surface area contributed by atoms with Crippen molar-refractivity contribution in [2.75, 3.05) is 14.2 Å². The van der Waals surface area contributed by atoms with Gasteiger partial charge in [0, 0.05) is 5.56 Å². The Morgan fingerprint density at radius 2 is 1.74 bits per heavy atom. The van der Waals surface area contributed by atoms with E-state index in [0.717, 1.165) is 0 Å². The molecule has 0 amide bonds. The third kappa shape index (κ3) is 3.70. The highest BCUT2D eigenvalue weighted by molar-refractivity contribution is 5.92. The van der Waals surface area contributed by atoms with Gasteiger partial charge in [0.2, 0.25) is 5.75 Å². The van der Waals surface area contributed by atoms with Gasteiger partial charge in [-0.2, -0.15) is 0 Å². The van der Waals surface area contributed by atoms with Gasteiger partial charge in [0.1, 0.15) is 12.7 Å². The summed E-state index contributed by atoms with van der Waals surface area (Å²) in [4.78, 5) is 32.5. The minimum atomic E-state index is -1.31. The van der Waals surface area contributed by atoms with Gasteiger partial charge in [0.15, 0.2) is 11.5 Å². The Bertz CT molecular complexity index is 482. The van der Waals surface area contributed by atoms with Crippen LogP contribution in [0.25, 0.3) is 0 Å². The van der Waals surface area contributed by atoms with E-state index in [1.54, 1.807) is 0 Å². The second-order valence-electron chi connectivity index (χ2n) is 3.42. The summed E-state index contributed by atoms with van der Waals surface area (Å²) in [7, 11) is 2.63. The molecule has 0 saturated heterocycles. The minimum absolute atomic E-state index is 0.0677. The number of benzene rings is 1. The topological polar surface area (TPSA) is 99.1 Å². The average molecular weight is 268 g/mol. The number of ether oxygens (including phenoxy) is 3. The highest BCUT2D eigenvalue weighted by Gasteiger charge is 2.19. The Kier molecular flexibility index (Phi) is 4.87. The summed E-state index contributed by atoms with van der Waals surface area (Å²) in [5, 5.41) is 8.49. The van der Waals surface area contributed by atoms with E-state index < -0.39 is 18.4 Å². The van der Waals surface area contributed by atoms with Gasteiger partial charge in [-0.15, -0.1) is 0 Å². The van der Waals surface area contributed by atoms with E-state index in [1.165, 1.54) is 26.4 Å². The molecule has 7 nitrogen and oxygen atoms in total. The first-order valence-electron chi connectivity index (χ1n) is 5.15. The largest absolute Gasteiger partial charge is 0.493 e. The van der Waals surface area contributed by atoms with Crippen molar-refractivity contribution in [2.45, 2.75) is 6.42 Å². The summed E-state index contributed by atoms with van der Waals surface area (Å²) in [5.74, 6) is -2.15. The third-order valence-electron chi connectivity index (χ3n) is 2.13. The molecule has 0 spiro atoms. The normalized spacial score (nSPS) is 9.58. The van der Waals surface area contributed by atoms with Crippen LogP contribution in [-0.4, -0.2) is 37.6 Å². The second kappa shape index (κ2) is 6.39. The van der Waals surface area contributed by atoms with Crippen molar-refractivity contribution >= 4 is 18.2 Å². The lowest BCUT2D eigenvalue weighted by molar-refractivity contribution is -0.145. The monoisotopic (exact) mass is 268 g/mol. The number of carbonyl (C=O) groups is 3. The summed E-state index contributed by atoms with van der Waals surface area (Å²) >= 11 is 0. The zero-order valence-corrected chi connectivity index (χ0v) is 10.3. The SMILES string of the molecule is COc1cc(C=O)cc(OC)c1OC(=O)CC(=O)O. The van der Waals surface area contributed by atoms with Crippen molar-refractivity contribution in [3.8, 4) is 17.2 Å². The van der Waals surface area contributed by atoms with E-state index in [1.807, 2.05) is 0 Å². The molecule has 0 saturated carbocycles. The molecular weight excluding hydrogens is 256 g/mol. The summed E-state index contributed by atoms with van der Waals surface area (Å²) in [6.45, 7) is 0. The Hall–Kier alpha value is -2.57. The van der Waals surface area contributed by atoms with Crippen LogP contribution in [0, 0.1) is 0 Å². The van der Waals surface area contributed by atoms with Crippen molar-refractivity contribution in [3.05, 3.63) is 17.7 Å². The van der Waals surface area contributed by atoms with Crippen LogP contribution in [0.5, 0.6) is 17.2 Å². The van der Waals surface area contributed by atoms with Crippen LogP contribution < -0.4 is 14.2 Å². The number of carboxylic acids is 1. The van der Waals surface area contributed by atoms with Crippen LogP contribution in [0.4, 0.5) is 0 Å². The van der Waals surface area contributed by atoms with Gasteiger partial charge in [-0.1, -0.05) is 0 Å². The molecule has 0 bridgehead atoms. The van der Waals surface area contributed by atoms with Crippen LogP contribution in [0.3, 0.4) is 0 Å². The molecule has 0 aromatic heterocycles. The Labute approximate surface area is 108 Å². The summed E-state index contributed by atoms with van der Waals surface area (Å²) in [5.41, 5.74) is 0.270. The van der Waals surface area contributed by atoms with Crippen molar-refractivity contribution < 1.29 is 33.7 Å². The van der Waals surface area contributed by atoms with E-state index in [2.05, 4.69) is 0 Å². The first-order valence-corrected chi connectivity index (χ1v) is 5.15. The van der Waals surface area contributed by atoms with Crippen molar-refractivity contribution in [2.24, 2.45) is 0 Å². The number of rotatable bonds is 6. The molecule has 102 valence electrons. The van der Waals surface area contributed by atoms with Gasteiger partial charge in [0.25, 0.3) is 0 Å². The standard InChI is InChI=1S/C12H12O7/c1-17-8-3-7(6-13)4-9(18-2)12(8)19-11(16)5-10(14)15/h3-4,6H,5H2,1-2H3,(H,14,15). The lowest BCUT2D eigenvalue weighted by atomic mass is 10.2. The van der Waals surface area contributed by atoms with Crippen molar-refractivity contribution in [3.63, 3.8) is 0 Å². The molecule has 0 aliphatic rings. The summed E-state index contributed by atoms with van der Waals surface area (Å²) < 4.78 is 14.8. The number of methoxy groups -OCH3 is 2. The zero-order valence-electron chi connectivity index (χ0n) is 10.3. The highest BCUT2D eigenvalue weighted by atomic mass is 16.6. The molecule has 1 rings (SSSR count). The lowest BCUT2D eigenvalue weighted by Crippen LogP contribution is -2.14. The number of carbonyl (C=O) groups excluding carboxylic acids is 2. The third-order valence-corrected chi connectivity index (χ3v) is 2.13. The molecule has 0 fully saturated rings. The Morgan fingerprint density at radius 3 is 2.11 bits per heavy atom. The van der Waals surface area contributed by atoms with E-state index in [4.69, 9.17) is 19.3 Å². The lowest BCUT2D eigenvalue weighted by Gasteiger charge is -2.13. The van der Waals surface area contributed by atoms with Gasteiger partial charge < -0.3 is 19.3 Å². The van der Waals surface area contributed by atoms with Gasteiger partial charge in [0.05, 0.1) is 14.2 Å². The molecule has 0 radical (unpaired) electrons. The predicted molar refractivity (Wildman–Crippen MR) is 62.8 cm³/mol. The predicted octanol–water partition coefficient (Wildman–Crippen LogP) is 0.896. The first kappa shape index (κ1) is 14.5. The number of aliphatic carboxylic acids is 1. The van der Waals surface area contributed by atoms with Crippen LogP contribution >= 0.6 is 0 Å². The molecule has 0 atom stereocenters. The summed E-state index contributed by atoms with van der Waals surface area (Å²) in [6.07, 6.45) is -0.213. The Balaban J connectivity index is 3.13. The number of hydrogen-bond donors (Lipinski definition) is 1. The molecule has 1 N–H and O–H groups in total. The number of hydrogen-bond acceptors (Lipinski definition) is 6. The quantitative estimate of drug-likeness (QED) is 0.354. The maximum atomic E-state index is 11.3. The molecule has 19 heavy (non-hydrogen) atoms. The fraction of sp³-hybridized carbons (Fsp3) is 0.250. The van der Waals surface area contributed by atoms with Gasteiger partial charge in [-0.05, 0) is 12.1 Å². The van der Waals surface area contributed by atoms with E-state index in [9.17, 15) is 14.4 Å². The van der Waals surface area contributed by atoms with Crippen molar-refractivity contribution in [1.82, 2.24) is 0 Å². The van der Waals surface area contributed by atoms with Gasteiger partial charge in [-0.3, -0.25) is 14.4 Å². The van der Waals surface area contributed by atoms with Crippen LogP contribution in [0.15, 0.2) is 12.1 Å². The average Bonchev–Trinajstić information content (AvgIpc) is 2.37. The fourth-order valence-electron chi connectivity index (χ4n) is 1.34. The van der Waals surface area contributed by atoms with Crippen LogP contribution in [-0.2, 0) is 9.59 Å². The minimum Gasteiger partial charge on any atom is -0.493 e. The maximum absolute atomic E-state index is 11.3. The van der Waals surface area contributed by atoms with Gasteiger partial charge >= 0.3 is 11.9 Å². The smallest absolute Gasteiger partial charge is 0.322 e. The molecule has 1 aromatic rings. The highest BCUT2D eigenvalue weighted by Crippen LogP contribution is 2.38. The zero-order chi connectivity index (χ0) is 14.4. The van der Waals surface area contributed by atoms with E-state index in [0.29, 0.717) is 6.29 Å². The van der Waals surface area contributed by atoms with E-state index in [-0.39, 0.29) is 22.8 Å².